The number of carbonyl (C=O) groups is 1. The molecule has 1 aliphatic rings. The van der Waals surface area contributed by atoms with Crippen LogP contribution in [0, 0.1) is 5.92 Å². The first-order valence-corrected chi connectivity index (χ1v) is 5.35. The van der Waals surface area contributed by atoms with Gasteiger partial charge in [-0.25, -0.2) is 0 Å². The predicted molar refractivity (Wildman–Crippen MR) is 54.6 cm³/mol. The Kier molecular flexibility index (Phi) is 4.35. The van der Waals surface area contributed by atoms with Crippen LogP contribution in [-0.4, -0.2) is 29.7 Å². The van der Waals surface area contributed by atoms with Gasteiger partial charge in [0.2, 0.25) is 5.91 Å². The number of aliphatic hydroxyl groups excluding tert-OH is 1. The molecule has 1 aliphatic carbocycles. The SMILES string of the molecule is CCC[C@H](N)C(CO)C(=O)NC1CC1. The van der Waals surface area contributed by atoms with E-state index in [1.165, 1.54) is 0 Å². The minimum Gasteiger partial charge on any atom is -0.395 e. The number of carbonyl (C=O) groups excluding carboxylic acids is 1. The maximum atomic E-state index is 11.6. The number of nitrogens with one attached hydrogen (secondary N) is 1. The lowest BCUT2D eigenvalue weighted by molar-refractivity contribution is -0.127. The third kappa shape index (κ3) is 3.27. The van der Waals surface area contributed by atoms with E-state index in [2.05, 4.69) is 5.32 Å². The highest BCUT2D eigenvalue weighted by Crippen LogP contribution is 2.19. The second kappa shape index (κ2) is 5.32. The van der Waals surface area contributed by atoms with Crippen LogP contribution < -0.4 is 11.1 Å². The topological polar surface area (TPSA) is 75.3 Å². The van der Waals surface area contributed by atoms with Gasteiger partial charge in [-0.1, -0.05) is 13.3 Å². The van der Waals surface area contributed by atoms with Crippen molar-refractivity contribution in [2.45, 2.75) is 44.7 Å². The molecule has 4 nitrogen and oxygen atoms in total. The van der Waals surface area contributed by atoms with Gasteiger partial charge in [-0.15, -0.1) is 0 Å². The van der Waals surface area contributed by atoms with E-state index in [-0.39, 0.29) is 18.6 Å². The van der Waals surface area contributed by atoms with Gasteiger partial charge in [0, 0.05) is 12.1 Å². The van der Waals surface area contributed by atoms with E-state index in [1.807, 2.05) is 6.92 Å². The van der Waals surface area contributed by atoms with Crippen LogP contribution in [0.2, 0.25) is 0 Å². The highest BCUT2D eigenvalue weighted by atomic mass is 16.3. The molecule has 0 saturated heterocycles. The van der Waals surface area contributed by atoms with Crippen molar-refractivity contribution in [2.75, 3.05) is 6.61 Å². The summed E-state index contributed by atoms with van der Waals surface area (Å²) in [5.41, 5.74) is 5.82. The average Bonchev–Trinajstić information content (AvgIpc) is 2.90. The zero-order chi connectivity index (χ0) is 10.6. The summed E-state index contributed by atoms with van der Waals surface area (Å²) in [7, 11) is 0. The standard InChI is InChI=1S/C10H20N2O2/c1-2-3-9(11)8(6-13)10(14)12-7-4-5-7/h7-9,13H,2-6,11H2,1H3,(H,12,14)/t8?,9-/m0/s1. The van der Waals surface area contributed by atoms with Crippen molar-refractivity contribution in [2.24, 2.45) is 11.7 Å². The zero-order valence-corrected chi connectivity index (χ0v) is 8.70. The van der Waals surface area contributed by atoms with Gasteiger partial charge in [-0.2, -0.15) is 0 Å². The number of hydrogen-bond donors (Lipinski definition) is 3. The summed E-state index contributed by atoms with van der Waals surface area (Å²) in [6.07, 6.45) is 3.84. The lowest BCUT2D eigenvalue weighted by Crippen LogP contribution is -2.44. The number of amides is 1. The lowest BCUT2D eigenvalue weighted by Gasteiger charge is -2.20. The largest absolute Gasteiger partial charge is 0.395 e. The summed E-state index contributed by atoms with van der Waals surface area (Å²) in [6, 6.07) is 0.120. The van der Waals surface area contributed by atoms with E-state index in [4.69, 9.17) is 10.8 Å². The summed E-state index contributed by atoms with van der Waals surface area (Å²) in [6.45, 7) is 1.87. The van der Waals surface area contributed by atoms with Crippen LogP contribution >= 0.6 is 0 Å². The smallest absolute Gasteiger partial charge is 0.227 e. The van der Waals surface area contributed by atoms with Crippen LogP contribution in [0.4, 0.5) is 0 Å². The third-order valence-corrected chi connectivity index (χ3v) is 2.60. The second-order valence-electron chi connectivity index (χ2n) is 4.02. The molecule has 0 spiro atoms. The van der Waals surface area contributed by atoms with Crippen LogP contribution in [0.5, 0.6) is 0 Å². The molecule has 1 rings (SSSR count). The van der Waals surface area contributed by atoms with Gasteiger partial charge in [0.05, 0.1) is 12.5 Å². The van der Waals surface area contributed by atoms with Gasteiger partial charge in [0.1, 0.15) is 0 Å². The predicted octanol–water partition coefficient (Wildman–Crippen LogP) is 0.000900. The van der Waals surface area contributed by atoms with Crippen LogP contribution in [-0.2, 0) is 4.79 Å². The van der Waals surface area contributed by atoms with E-state index in [0.717, 1.165) is 25.7 Å². The molecule has 1 amide bonds. The van der Waals surface area contributed by atoms with E-state index >= 15 is 0 Å². The van der Waals surface area contributed by atoms with E-state index in [0.29, 0.717) is 6.04 Å². The molecule has 1 unspecified atom stereocenters. The maximum Gasteiger partial charge on any atom is 0.227 e. The minimum atomic E-state index is -0.435. The molecule has 14 heavy (non-hydrogen) atoms. The van der Waals surface area contributed by atoms with Gasteiger partial charge in [0.15, 0.2) is 0 Å². The Morgan fingerprint density at radius 2 is 2.29 bits per heavy atom. The first-order valence-electron chi connectivity index (χ1n) is 5.35. The van der Waals surface area contributed by atoms with E-state index in [1.54, 1.807) is 0 Å². The van der Waals surface area contributed by atoms with E-state index in [9.17, 15) is 4.79 Å². The summed E-state index contributed by atoms with van der Waals surface area (Å²) in [5.74, 6) is -0.522. The van der Waals surface area contributed by atoms with Gasteiger partial charge >= 0.3 is 0 Å². The van der Waals surface area contributed by atoms with Crippen LogP contribution in [0.3, 0.4) is 0 Å². The Hall–Kier alpha value is -0.610. The minimum absolute atomic E-state index is 0.0871. The van der Waals surface area contributed by atoms with Crippen molar-refractivity contribution in [1.82, 2.24) is 5.32 Å². The first-order chi connectivity index (χ1) is 6.69. The van der Waals surface area contributed by atoms with Crippen molar-refractivity contribution in [1.29, 1.82) is 0 Å². The molecule has 82 valence electrons. The fourth-order valence-corrected chi connectivity index (χ4v) is 1.48. The molecule has 1 saturated carbocycles. The summed E-state index contributed by atoms with van der Waals surface area (Å²) in [4.78, 5) is 11.6. The Bertz CT molecular complexity index is 193. The Morgan fingerprint density at radius 1 is 1.64 bits per heavy atom. The molecule has 0 heterocycles. The fourth-order valence-electron chi connectivity index (χ4n) is 1.48. The molecule has 0 aromatic rings. The Morgan fingerprint density at radius 3 is 2.71 bits per heavy atom. The number of hydrogen-bond acceptors (Lipinski definition) is 3. The van der Waals surface area contributed by atoms with Crippen molar-refractivity contribution in [3.05, 3.63) is 0 Å². The lowest BCUT2D eigenvalue weighted by atomic mass is 9.96. The summed E-state index contributed by atoms with van der Waals surface area (Å²) < 4.78 is 0. The van der Waals surface area contributed by atoms with Crippen molar-refractivity contribution < 1.29 is 9.90 Å². The average molecular weight is 200 g/mol. The molecule has 0 aromatic carbocycles. The van der Waals surface area contributed by atoms with Crippen LogP contribution in [0.1, 0.15) is 32.6 Å². The van der Waals surface area contributed by atoms with Gasteiger partial charge in [0.25, 0.3) is 0 Å². The summed E-state index contributed by atoms with van der Waals surface area (Å²) >= 11 is 0. The van der Waals surface area contributed by atoms with Crippen LogP contribution in [0.15, 0.2) is 0 Å². The third-order valence-electron chi connectivity index (χ3n) is 2.60. The molecule has 2 atom stereocenters. The number of nitrogens with two attached hydrogens (primary N) is 1. The van der Waals surface area contributed by atoms with Crippen LogP contribution in [0.25, 0.3) is 0 Å². The van der Waals surface area contributed by atoms with E-state index < -0.39 is 5.92 Å². The highest BCUT2D eigenvalue weighted by molar-refractivity contribution is 5.80. The molecule has 0 aromatic heterocycles. The zero-order valence-electron chi connectivity index (χ0n) is 8.70. The molecule has 0 bridgehead atoms. The molecule has 4 N–H and O–H groups in total. The fraction of sp³-hybridized carbons (Fsp3) is 0.900. The maximum absolute atomic E-state index is 11.6. The molecule has 0 aliphatic heterocycles. The van der Waals surface area contributed by atoms with Gasteiger partial charge < -0.3 is 16.2 Å². The monoisotopic (exact) mass is 200 g/mol. The molecular formula is C10H20N2O2. The molecular weight excluding hydrogens is 180 g/mol. The van der Waals surface area contributed by atoms with Crippen molar-refractivity contribution in [3.8, 4) is 0 Å². The Balaban J connectivity index is 2.37. The molecule has 4 heteroatoms. The highest BCUT2D eigenvalue weighted by Gasteiger charge is 2.29. The Labute approximate surface area is 84.9 Å². The first kappa shape index (κ1) is 11.5. The van der Waals surface area contributed by atoms with Crippen molar-refractivity contribution in [3.63, 3.8) is 0 Å². The molecule has 0 radical (unpaired) electrons. The quantitative estimate of drug-likeness (QED) is 0.565. The molecule has 1 fully saturated rings. The van der Waals surface area contributed by atoms with Crippen molar-refractivity contribution >= 4 is 5.91 Å². The number of aliphatic hydroxyl groups is 1. The normalized spacial score (nSPS) is 20.2. The number of rotatable bonds is 6. The van der Waals surface area contributed by atoms with Gasteiger partial charge in [-0.3, -0.25) is 4.79 Å². The van der Waals surface area contributed by atoms with Gasteiger partial charge in [-0.05, 0) is 19.3 Å². The second-order valence-corrected chi connectivity index (χ2v) is 4.02. The summed E-state index contributed by atoms with van der Waals surface area (Å²) in [5, 5.41) is 12.0.